The highest BCUT2D eigenvalue weighted by Crippen LogP contribution is 2.41. The van der Waals surface area contributed by atoms with Crippen LogP contribution in [-0.4, -0.2) is 20.0 Å². The molecule has 1 aliphatic heterocycles. The smallest absolute Gasteiger partial charge is 0.170 e. The summed E-state index contributed by atoms with van der Waals surface area (Å²) in [6.45, 7) is 2.68. The summed E-state index contributed by atoms with van der Waals surface area (Å²) >= 11 is 12.0. The van der Waals surface area contributed by atoms with Crippen LogP contribution < -0.4 is 5.32 Å². The molecule has 0 amide bonds. The minimum Gasteiger partial charge on any atom is -0.459 e. The van der Waals surface area contributed by atoms with Crippen molar-refractivity contribution in [1.82, 2.24) is 20.2 Å². The standard InChI is InChI=1S/C25H21ClN4OS/c1-16-5-6-18(26)14-19(16)21-7-8-22(31-21)24-23(20-4-2-3-11-28-20)29-25(32)30(24)15-17-9-12-27-13-10-17/h2-14,23-24H,15H2,1H3,(H,29,32)/t23-,24+/m1/s1. The Bertz CT molecular complexity index is 1250. The predicted octanol–water partition coefficient (Wildman–Crippen LogP) is 5.87. The molecule has 1 aromatic carbocycles. The number of halogens is 1. The summed E-state index contributed by atoms with van der Waals surface area (Å²) in [7, 11) is 0. The van der Waals surface area contributed by atoms with E-state index in [9.17, 15) is 0 Å². The second-order valence-electron chi connectivity index (χ2n) is 7.77. The first-order valence-electron chi connectivity index (χ1n) is 10.3. The number of hydrogen-bond donors (Lipinski definition) is 1. The molecule has 1 fully saturated rings. The third-order valence-corrected chi connectivity index (χ3v) is 6.27. The van der Waals surface area contributed by atoms with E-state index >= 15 is 0 Å². The maximum atomic E-state index is 6.42. The van der Waals surface area contributed by atoms with E-state index in [0.717, 1.165) is 33.9 Å². The molecule has 4 aromatic rings. The van der Waals surface area contributed by atoms with Crippen molar-refractivity contribution < 1.29 is 4.42 Å². The molecule has 0 saturated carbocycles. The molecule has 4 heterocycles. The van der Waals surface area contributed by atoms with Crippen LogP contribution in [0.15, 0.2) is 83.7 Å². The molecule has 0 aliphatic carbocycles. The Kier molecular flexibility index (Phi) is 5.64. The molecular weight excluding hydrogens is 440 g/mol. The first-order chi connectivity index (χ1) is 15.6. The fraction of sp³-hybridized carbons (Fsp3) is 0.160. The Morgan fingerprint density at radius 1 is 1.06 bits per heavy atom. The van der Waals surface area contributed by atoms with Crippen molar-refractivity contribution in [2.45, 2.75) is 25.6 Å². The molecule has 5 nitrogen and oxygen atoms in total. The van der Waals surface area contributed by atoms with E-state index < -0.39 is 0 Å². The van der Waals surface area contributed by atoms with Crippen LogP contribution in [0.25, 0.3) is 11.3 Å². The molecule has 0 spiro atoms. The lowest BCUT2D eigenvalue weighted by Crippen LogP contribution is -2.29. The molecule has 0 bridgehead atoms. The van der Waals surface area contributed by atoms with Crippen molar-refractivity contribution in [3.63, 3.8) is 0 Å². The number of hydrogen-bond acceptors (Lipinski definition) is 4. The fourth-order valence-electron chi connectivity index (χ4n) is 4.09. The summed E-state index contributed by atoms with van der Waals surface area (Å²) in [6.07, 6.45) is 5.38. The van der Waals surface area contributed by atoms with E-state index in [1.54, 1.807) is 18.6 Å². The van der Waals surface area contributed by atoms with Crippen molar-refractivity contribution >= 4 is 28.9 Å². The minimum absolute atomic E-state index is 0.134. The lowest BCUT2D eigenvalue weighted by molar-refractivity contribution is 0.269. The van der Waals surface area contributed by atoms with Gasteiger partial charge in [-0.25, -0.2) is 0 Å². The lowest BCUT2D eigenvalue weighted by atomic mass is 10.0. The van der Waals surface area contributed by atoms with Crippen LogP contribution >= 0.6 is 23.8 Å². The van der Waals surface area contributed by atoms with E-state index in [-0.39, 0.29) is 12.1 Å². The predicted molar refractivity (Wildman–Crippen MR) is 129 cm³/mol. The van der Waals surface area contributed by atoms with Crippen LogP contribution in [-0.2, 0) is 6.54 Å². The molecule has 1 saturated heterocycles. The van der Waals surface area contributed by atoms with Crippen LogP contribution in [0, 0.1) is 6.92 Å². The van der Waals surface area contributed by atoms with Gasteiger partial charge in [-0.05, 0) is 78.8 Å². The molecule has 7 heteroatoms. The quantitative estimate of drug-likeness (QED) is 0.376. The van der Waals surface area contributed by atoms with Gasteiger partial charge in [0.15, 0.2) is 5.11 Å². The summed E-state index contributed by atoms with van der Waals surface area (Å²) in [5.74, 6) is 1.60. The zero-order valence-corrected chi connectivity index (χ0v) is 19.0. The molecule has 5 rings (SSSR count). The number of nitrogens with one attached hydrogen (secondary N) is 1. The van der Waals surface area contributed by atoms with Gasteiger partial charge in [0, 0.05) is 35.7 Å². The van der Waals surface area contributed by atoms with Gasteiger partial charge in [0.25, 0.3) is 0 Å². The Hall–Kier alpha value is -3.22. The molecule has 32 heavy (non-hydrogen) atoms. The third-order valence-electron chi connectivity index (χ3n) is 5.68. The van der Waals surface area contributed by atoms with Gasteiger partial charge in [-0.15, -0.1) is 0 Å². The van der Waals surface area contributed by atoms with Crippen molar-refractivity contribution in [3.05, 3.63) is 107 Å². The van der Waals surface area contributed by atoms with Gasteiger partial charge in [0.1, 0.15) is 17.6 Å². The zero-order valence-electron chi connectivity index (χ0n) is 17.4. The van der Waals surface area contributed by atoms with Crippen LogP contribution in [0.3, 0.4) is 0 Å². The summed E-state index contributed by atoms with van der Waals surface area (Å²) in [6, 6.07) is 19.4. The van der Waals surface area contributed by atoms with Gasteiger partial charge >= 0.3 is 0 Å². The average molecular weight is 461 g/mol. The van der Waals surface area contributed by atoms with Crippen molar-refractivity contribution in [1.29, 1.82) is 0 Å². The van der Waals surface area contributed by atoms with E-state index in [0.29, 0.717) is 16.7 Å². The average Bonchev–Trinajstić information content (AvgIpc) is 3.42. The summed E-state index contributed by atoms with van der Waals surface area (Å²) in [4.78, 5) is 10.9. The third kappa shape index (κ3) is 3.99. The van der Waals surface area contributed by atoms with Crippen molar-refractivity contribution in [3.8, 4) is 11.3 Å². The number of furan rings is 1. The Balaban J connectivity index is 1.56. The van der Waals surface area contributed by atoms with E-state index in [4.69, 9.17) is 28.2 Å². The Morgan fingerprint density at radius 2 is 1.91 bits per heavy atom. The van der Waals surface area contributed by atoms with Gasteiger partial charge in [0.05, 0.1) is 11.7 Å². The number of nitrogens with zero attached hydrogens (tertiary/aromatic N) is 3. The first kappa shape index (κ1) is 20.7. The highest BCUT2D eigenvalue weighted by Gasteiger charge is 2.41. The van der Waals surface area contributed by atoms with Gasteiger partial charge in [-0.2, -0.15) is 0 Å². The SMILES string of the molecule is Cc1ccc(Cl)cc1-c1ccc([C@H]2[C@@H](c3ccccn3)NC(=S)N2Cc2ccncc2)o1. The lowest BCUT2D eigenvalue weighted by Gasteiger charge is -2.26. The Morgan fingerprint density at radius 3 is 2.69 bits per heavy atom. The van der Waals surface area contributed by atoms with Gasteiger partial charge in [-0.1, -0.05) is 23.7 Å². The number of thiocarbonyl (C=S) groups is 1. The van der Waals surface area contributed by atoms with Crippen LogP contribution in [0.2, 0.25) is 5.02 Å². The summed E-state index contributed by atoms with van der Waals surface area (Å²) in [5.41, 5.74) is 4.11. The molecular formula is C25H21ClN4OS. The van der Waals surface area contributed by atoms with Crippen molar-refractivity contribution in [2.75, 3.05) is 0 Å². The maximum Gasteiger partial charge on any atom is 0.170 e. The van der Waals surface area contributed by atoms with Gasteiger partial charge < -0.3 is 14.6 Å². The summed E-state index contributed by atoms with van der Waals surface area (Å²) < 4.78 is 6.42. The van der Waals surface area contributed by atoms with E-state index in [1.165, 1.54) is 0 Å². The zero-order chi connectivity index (χ0) is 22.1. The van der Waals surface area contributed by atoms with Crippen LogP contribution in [0.5, 0.6) is 0 Å². The molecule has 1 aliphatic rings. The number of aryl methyl sites for hydroxylation is 1. The van der Waals surface area contributed by atoms with Crippen LogP contribution in [0.1, 0.15) is 34.7 Å². The largest absolute Gasteiger partial charge is 0.459 e. The molecule has 1 N–H and O–H groups in total. The highest BCUT2D eigenvalue weighted by atomic mass is 35.5. The molecule has 160 valence electrons. The Labute approximate surface area is 197 Å². The monoisotopic (exact) mass is 460 g/mol. The second kappa shape index (κ2) is 8.73. The van der Waals surface area contributed by atoms with E-state index in [2.05, 4.69) is 20.2 Å². The van der Waals surface area contributed by atoms with Crippen molar-refractivity contribution in [2.24, 2.45) is 0 Å². The summed E-state index contributed by atoms with van der Waals surface area (Å²) in [5, 5.41) is 4.80. The topological polar surface area (TPSA) is 54.2 Å². The first-order valence-corrected chi connectivity index (χ1v) is 11.1. The molecule has 3 aromatic heterocycles. The number of aromatic nitrogens is 2. The minimum atomic E-state index is -0.154. The number of benzene rings is 1. The molecule has 0 unspecified atom stereocenters. The van der Waals surface area contributed by atoms with Gasteiger partial charge in [-0.3, -0.25) is 9.97 Å². The maximum absolute atomic E-state index is 6.42. The normalized spacial score (nSPS) is 18.1. The highest BCUT2D eigenvalue weighted by molar-refractivity contribution is 7.80. The van der Waals surface area contributed by atoms with Gasteiger partial charge in [0.2, 0.25) is 0 Å². The van der Waals surface area contributed by atoms with Crippen LogP contribution in [0.4, 0.5) is 0 Å². The fourth-order valence-corrected chi connectivity index (χ4v) is 4.56. The number of rotatable bonds is 5. The molecule has 2 atom stereocenters. The second-order valence-corrected chi connectivity index (χ2v) is 8.59. The van der Waals surface area contributed by atoms with E-state index in [1.807, 2.05) is 67.6 Å². The number of pyridine rings is 2. The molecule has 0 radical (unpaired) electrons.